The summed E-state index contributed by atoms with van der Waals surface area (Å²) < 4.78 is 70.0. The molecule has 2 aromatic carbocycles. The van der Waals surface area contributed by atoms with Gasteiger partial charge in [-0.1, -0.05) is 6.07 Å². The van der Waals surface area contributed by atoms with Crippen LogP contribution in [0, 0.1) is 11.6 Å². The van der Waals surface area contributed by atoms with Crippen LogP contribution in [0.1, 0.15) is 11.1 Å². The van der Waals surface area contributed by atoms with Crippen molar-refractivity contribution in [1.82, 2.24) is 0 Å². The largest absolute Gasteiger partial charge is 0.454 e. The van der Waals surface area contributed by atoms with Crippen LogP contribution in [0.3, 0.4) is 0 Å². The molecular weight excluding hydrogens is 293 g/mol. The summed E-state index contributed by atoms with van der Waals surface area (Å²) in [6.45, 7) is -0.0751. The average Bonchev–Trinajstić information content (AvgIpc) is 2.41. The monoisotopic (exact) mass is 303 g/mol. The van der Waals surface area contributed by atoms with Gasteiger partial charge in [0.15, 0.2) is 11.6 Å². The van der Waals surface area contributed by atoms with E-state index in [0.717, 1.165) is 24.3 Å². The number of nitrogens with two attached hydrogens (primary N) is 1. The Bertz CT molecular complexity index is 654. The Morgan fingerprint density at radius 2 is 1.62 bits per heavy atom. The number of benzene rings is 2. The van der Waals surface area contributed by atoms with Gasteiger partial charge in [-0.05, 0) is 29.8 Å². The maximum atomic E-state index is 13.4. The molecule has 0 aliphatic rings. The fourth-order valence-corrected chi connectivity index (χ4v) is 1.69. The zero-order chi connectivity index (χ0) is 15.6. The van der Waals surface area contributed by atoms with Crippen LogP contribution < -0.4 is 10.5 Å². The van der Waals surface area contributed by atoms with E-state index in [1.807, 2.05) is 0 Å². The summed E-state index contributed by atoms with van der Waals surface area (Å²) in [7, 11) is 0. The summed E-state index contributed by atoms with van der Waals surface area (Å²) in [5, 5.41) is 0. The minimum atomic E-state index is -4.68. The van der Waals surface area contributed by atoms with Gasteiger partial charge in [-0.3, -0.25) is 0 Å². The van der Waals surface area contributed by atoms with E-state index in [1.165, 1.54) is 6.07 Å². The maximum Gasteiger partial charge on any atom is 0.419 e. The van der Waals surface area contributed by atoms with Crippen LogP contribution in [0.25, 0.3) is 0 Å². The van der Waals surface area contributed by atoms with Crippen LogP contribution in [-0.2, 0) is 12.7 Å². The summed E-state index contributed by atoms with van der Waals surface area (Å²) in [4.78, 5) is 0. The van der Waals surface area contributed by atoms with Crippen LogP contribution in [0.15, 0.2) is 36.4 Å². The van der Waals surface area contributed by atoms with E-state index in [2.05, 4.69) is 0 Å². The molecule has 0 aliphatic heterocycles. The topological polar surface area (TPSA) is 35.2 Å². The molecule has 0 aromatic heterocycles. The molecule has 0 amide bonds. The second-order valence-electron chi connectivity index (χ2n) is 4.21. The molecular formula is C14H10F5NO. The lowest BCUT2D eigenvalue weighted by Crippen LogP contribution is -2.09. The summed E-state index contributed by atoms with van der Waals surface area (Å²) in [5.74, 6) is -3.02. The van der Waals surface area contributed by atoms with Crippen molar-refractivity contribution in [2.45, 2.75) is 12.7 Å². The Balaban J connectivity index is 2.44. The number of halogens is 5. The molecule has 112 valence electrons. The highest BCUT2D eigenvalue weighted by atomic mass is 19.4. The highest BCUT2D eigenvalue weighted by molar-refractivity contribution is 5.42. The normalized spacial score (nSPS) is 11.5. The molecule has 2 nitrogen and oxygen atoms in total. The summed E-state index contributed by atoms with van der Waals surface area (Å²) in [5.41, 5.74) is 4.48. The first-order valence-electron chi connectivity index (χ1n) is 5.84. The molecule has 2 aromatic rings. The van der Waals surface area contributed by atoms with Crippen LogP contribution in [0.2, 0.25) is 0 Å². The van der Waals surface area contributed by atoms with Gasteiger partial charge in [0, 0.05) is 12.6 Å². The summed E-state index contributed by atoms with van der Waals surface area (Å²) in [6.07, 6.45) is -4.68. The molecule has 7 heteroatoms. The van der Waals surface area contributed by atoms with E-state index < -0.39 is 34.9 Å². The molecule has 0 fully saturated rings. The number of hydrogen-bond acceptors (Lipinski definition) is 2. The Morgan fingerprint density at radius 3 is 2.19 bits per heavy atom. The number of ether oxygens (including phenoxy) is 1. The van der Waals surface area contributed by atoms with Gasteiger partial charge in [0.25, 0.3) is 0 Å². The van der Waals surface area contributed by atoms with Crippen molar-refractivity contribution in [3.05, 3.63) is 59.2 Å². The van der Waals surface area contributed by atoms with Gasteiger partial charge in [-0.25, -0.2) is 8.78 Å². The summed E-state index contributed by atoms with van der Waals surface area (Å²) >= 11 is 0. The van der Waals surface area contributed by atoms with Gasteiger partial charge in [0.05, 0.1) is 5.56 Å². The van der Waals surface area contributed by atoms with E-state index >= 15 is 0 Å². The molecule has 0 unspecified atom stereocenters. The standard InChI is InChI=1S/C14H10F5NO/c15-9-2-4-13(11(16)6-9)21-12-3-1-8(7-20)5-10(12)14(17,18)19/h1-6H,7,20H2. The first-order chi connectivity index (χ1) is 9.81. The minimum Gasteiger partial charge on any atom is -0.454 e. The quantitative estimate of drug-likeness (QED) is 0.861. The third-order valence-corrected chi connectivity index (χ3v) is 2.70. The van der Waals surface area contributed by atoms with E-state index in [0.29, 0.717) is 6.07 Å². The Labute approximate surface area is 116 Å². The number of alkyl halides is 3. The Kier molecular flexibility index (Phi) is 4.13. The predicted molar refractivity (Wildman–Crippen MR) is 65.8 cm³/mol. The SMILES string of the molecule is NCc1ccc(Oc2ccc(F)cc2F)c(C(F)(F)F)c1. The zero-order valence-electron chi connectivity index (χ0n) is 10.5. The molecule has 2 N–H and O–H groups in total. The van der Waals surface area contributed by atoms with Gasteiger partial charge >= 0.3 is 6.18 Å². The molecule has 0 bridgehead atoms. The van der Waals surface area contributed by atoms with Gasteiger partial charge < -0.3 is 10.5 Å². The smallest absolute Gasteiger partial charge is 0.419 e. The Morgan fingerprint density at radius 1 is 0.952 bits per heavy atom. The highest BCUT2D eigenvalue weighted by Crippen LogP contribution is 2.39. The first kappa shape index (κ1) is 15.2. The lowest BCUT2D eigenvalue weighted by atomic mass is 10.1. The van der Waals surface area contributed by atoms with Gasteiger partial charge in [0.2, 0.25) is 0 Å². The number of rotatable bonds is 3. The fourth-order valence-electron chi connectivity index (χ4n) is 1.69. The average molecular weight is 303 g/mol. The molecule has 0 heterocycles. The van der Waals surface area contributed by atoms with Gasteiger partial charge in [-0.15, -0.1) is 0 Å². The molecule has 0 radical (unpaired) electrons. The predicted octanol–water partition coefficient (Wildman–Crippen LogP) is 4.23. The van der Waals surface area contributed by atoms with E-state index in [1.54, 1.807) is 0 Å². The van der Waals surface area contributed by atoms with E-state index in [-0.39, 0.29) is 12.1 Å². The lowest BCUT2D eigenvalue weighted by Gasteiger charge is -2.15. The van der Waals surface area contributed by atoms with Crippen molar-refractivity contribution in [3.8, 4) is 11.5 Å². The molecule has 0 saturated carbocycles. The lowest BCUT2D eigenvalue weighted by molar-refractivity contribution is -0.138. The van der Waals surface area contributed by atoms with Crippen molar-refractivity contribution < 1.29 is 26.7 Å². The summed E-state index contributed by atoms with van der Waals surface area (Å²) in [6, 6.07) is 5.55. The van der Waals surface area contributed by atoms with Crippen molar-refractivity contribution >= 4 is 0 Å². The Hall–Kier alpha value is -2.15. The molecule has 0 spiro atoms. The van der Waals surface area contributed by atoms with Crippen molar-refractivity contribution in [3.63, 3.8) is 0 Å². The highest BCUT2D eigenvalue weighted by Gasteiger charge is 2.35. The molecule has 0 aliphatic carbocycles. The first-order valence-corrected chi connectivity index (χ1v) is 5.84. The maximum absolute atomic E-state index is 13.4. The van der Waals surface area contributed by atoms with Crippen LogP contribution >= 0.6 is 0 Å². The van der Waals surface area contributed by atoms with Crippen molar-refractivity contribution in [2.24, 2.45) is 5.73 Å². The van der Waals surface area contributed by atoms with E-state index in [4.69, 9.17) is 10.5 Å². The van der Waals surface area contributed by atoms with Crippen molar-refractivity contribution in [2.75, 3.05) is 0 Å². The fraction of sp³-hybridized carbons (Fsp3) is 0.143. The van der Waals surface area contributed by atoms with Crippen molar-refractivity contribution in [1.29, 1.82) is 0 Å². The second kappa shape index (κ2) is 5.69. The van der Waals surface area contributed by atoms with Crippen LogP contribution in [0.4, 0.5) is 22.0 Å². The second-order valence-corrected chi connectivity index (χ2v) is 4.21. The molecule has 2 rings (SSSR count). The molecule has 0 atom stereocenters. The van der Waals surface area contributed by atoms with E-state index in [9.17, 15) is 22.0 Å². The zero-order valence-corrected chi connectivity index (χ0v) is 10.5. The van der Waals surface area contributed by atoms with Gasteiger partial charge in [-0.2, -0.15) is 13.2 Å². The van der Waals surface area contributed by atoms with Crippen LogP contribution in [-0.4, -0.2) is 0 Å². The third kappa shape index (κ3) is 3.49. The molecule has 0 saturated heterocycles. The van der Waals surface area contributed by atoms with Crippen LogP contribution in [0.5, 0.6) is 11.5 Å². The number of hydrogen-bond donors (Lipinski definition) is 1. The minimum absolute atomic E-state index is 0.0751. The van der Waals surface area contributed by atoms with Gasteiger partial charge in [0.1, 0.15) is 11.6 Å². The third-order valence-electron chi connectivity index (χ3n) is 2.70. The molecule has 21 heavy (non-hydrogen) atoms.